The minimum absolute atomic E-state index is 1.07. The van der Waals surface area contributed by atoms with E-state index in [0.717, 1.165) is 26.8 Å². The Bertz CT molecular complexity index is 388. The molecule has 0 aliphatic heterocycles. The van der Waals surface area contributed by atoms with Crippen LogP contribution in [0.5, 0.6) is 0 Å². The van der Waals surface area contributed by atoms with Gasteiger partial charge in [-0.3, -0.25) is 0 Å². The second-order valence-corrected chi connectivity index (χ2v) is 8.67. The molecule has 2 rings (SSSR count). The van der Waals surface area contributed by atoms with Crippen molar-refractivity contribution >= 4 is 95.6 Å². The molecule has 0 heterocycles. The quantitative estimate of drug-likeness (QED) is 0.278. The Kier molecular flexibility index (Phi) is 8.27. The van der Waals surface area contributed by atoms with E-state index < -0.39 is 0 Å². The lowest BCUT2D eigenvalue weighted by atomic mass is 10.4. The van der Waals surface area contributed by atoms with Gasteiger partial charge >= 0.3 is 0 Å². The van der Waals surface area contributed by atoms with Gasteiger partial charge in [-0.05, 0) is 36.4 Å². The number of benzene rings is 2. The first-order valence-corrected chi connectivity index (χ1v) is 9.36. The number of rotatable bonds is 0. The molecule has 6 heteroatoms. The molecule has 0 saturated carbocycles. The zero-order valence-corrected chi connectivity index (χ0v) is 18.2. The predicted octanol–water partition coefficient (Wildman–Crippen LogP) is 7.95. The Balaban J connectivity index is 0.000000180. The van der Waals surface area contributed by atoms with E-state index in [-0.39, 0.29) is 0 Å². The molecule has 0 atom stereocenters. The van der Waals surface area contributed by atoms with E-state index in [0.29, 0.717) is 0 Å². The summed E-state index contributed by atoms with van der Waals surface area (Å²) in [6.45, 7) is 0. The van der Waals surface area contributed by atoms with Crippen molar-refractivity contribution in [1.29, 1.82) is 0 Å². The third kappa shape index (κ3) is 7.20. The summed E-state index contributed by atoms with van der Waals surface area (Å²) in [6, 6.07) is 11.9. The van der Waals surface area contributed by atoms with Crippen LogP contribution in [-0.4, -0.2) is 0 Å². The molecule has 0 bridgehead atoms. The summed E-state index contributed by atoms with van der Waals surface area (Å²) in [6.07, 6.45) is 0. The molecule has 2 aromatic rings. The van der Waals surface area contributed by atoms with Crippen molar-refractivity contribution in [2.45, 2.75) is 0 Å². The molecule has 96 valence electrons. The largest absolute Gasteiger partial charge is 0.0508 e. The molecule has 0 amide bonds. The van der Waals surface area contributed by atoms with Crippen LogP contribution in [0.1, 0.15) is 0 Å². The first-order chi connectivity index (χ1) is 8.36. The van der Waals surface area contributed by atoms with Crippen LogP contribution in [-0.2, 0) is 0 Å². The number of hydrogen-bond acceptors (Lipinski definition) is 0. The zero-order chi connectivity index (χ0) is 13.7. The molecule has 0 saturated heterocycles. The normalized spacial score (nSPS) is 9.67. The van der Waals surface area contributed by atoms with Gasteiger partial charge < -0.3 is 0 Å². The van der Waals surface area contributed by atoms with Crippen LogP contribution < -0.4 is 0 Å². The van der Waals surface area contributed by atoms with Crippen molar-refractivity contribution in [3.8, 4) is 0 Å². The van der Waals surface area contributed by atoms with Crippen molar-refractivity contribution < 1.29 is 0 Å². The van der Waals surface area contributed by atoms with Gasteiger partial charge in [0.2, 0.25) is 0 Å². The first kappa shape index (κ1) is 17.4. The van der Waals surface area contributed by atoms with Crippen LogP contribution >= 0.6 is 95.6 Å². The second-order valence-electron chi connectivity index (χ2n) is 3.18. The van der Waals surface area contributed by atoms with E-state index in [1.165, 1.54) is 0 Å². The Labute approximate surface area is 157 Å². The summed E-state index contributed by atoms with van der Waals surface area (Å²) in [7, 11) is 0. The van der Waals surface area contributed by atoms with E-state index in [9.17, 15) is 0 Å². The van der Waals surface area contributed by atoms with Gasteiger partial charge in [0.05, 0.1) is 0 Å². The van der Waals surface area contributed by atoms with Crippen LogP contribution in [0, 0.1) is 0 Å². The van der Waals surface area contributed by atoms with Gasteiger partial charge in [0.1, 0.15) is 0 Å². The average Bonchev–Trinajstić information content (AvgIpc) is 2.12. The molecule has 0 aliphatic carbocycles. The van der Waals surface area contributed by atoms with Crippen LogP contribution in [0.4, 0.5) is 0 Å². The maximum atomic E-state index is 3.35. The molecule has 2 aromatic carbocycles. The summed E-state index contributed by atoms with van der Waals surface area (Å²) >= 11 is 20.1. The summed E-state index contributed by atoms with van der Waals surface area (Å²) in [5, 5.41) is 0. The lowest BCUT2D eigenvalue weighted by Crippen LogP contribution is -1.66. The zero-order valence-electron chi connectivity index (χ0n) is 8.73. The Morgan fingerprint density at radius 1 is 0.333 bits per heavy atom. The highest BCUT2D eigenvalue weighted by Crippen LogP contribution is 2.23. The van der Waals surface area contributed by atoms with E-state index in [1.807, 2.05) is 36.4 Å². The third-order valence-electron chi connectivity index (χ3n) is 1.65. The van der Waals surface area contributed by atoms with Crippen molar-refractivity contribution in [2.75, 3.05) is 0 Å². The highest BCUT2D eigenvalue weighted by molar-refractivity contribution is 9.12. The Morgan fingerprint density at radius 3 is 0.556 bits per heavy atom. The first-order valence-electron chi connectivity index (χ1n) is 4.60. The maximum absolute atomic E-state index is 3.35. The molecule has 0 radical (unpaired) electrons. The molecule has 0 aliphatic rings. The Hall–Kier alpha value is 1.32. The topological polar surface area (TPSA) is 0 Å². The van der Waals surface area contributed by atoms with Gasteiger partial charge in [-0.15, -0.1) is 0 Å². The SMILES string of the molecule is Brc1cc(Br)cc(Br)c1.Brc1cc(Br)cc(Br)c1. The van der Waals surface area contributed by atoms with Crippen LogP contribution in [0.25, 0.3) is 0 Å². The van der Waals surface area contributed by atoms with Crippen molar-refractivity contribution in [2.24, 2.45) is 0 Å². The van der Waals surface area contributed by atoms with Gasteiger partial charge in [-0.1, -0.05) is 95.6 Å². The molecule has 0 aromatic heterocycles. The van der Waals surface area contributed by atoms with E-state index in [1.54, 1.807) is 0 Å². The molecule has 18 heavy (non-hydrogen) atoms. The smallest absolute Gasteiger partial charge is 0.0197 e. The minimum Gasteiger partial charge on any atom is -0.0508 e. The molecule has 0 unspecified atom stereocenters. The maximum Gasteiger partial charge on any atom is 0.0197 e. The van der Waals surface area contributed by atoms with E-state index in [2.05, 4.69) is 95.6 Å². The molecule has 0 spiro atoms. The van der Waals surface area contributed by atoms with Crippen LogP contribution in [0.3, 0.4) is 0 Å². The summed E-state index contributed by atoms with van der Waals surface area (Å²) in [5.74, 6) is 0. The molecule has 0 N–H and O–H groups in total. The van der Waals surface area contributed by atoms with Crippen molar-refractivity contribution in [1.82, 2.24) is 0 Å². The lowest BCUT2D eigenvalue weighted by molar-refractivity contribution is 1.56. The fraction of sp³-hybridized carbons (Fsp3) is 0. The predicted molar refractivity (Wildman–Crippen MR) is 99.1 cm³/mol. The minimum atomic E-state index is 1.07. The van der Waals surface area contributed by atoms with Gasteiger partial charge in [-0.2, -0.15) is 0 Å². The van der Waals surface area contributed by atoms with Gasteiger partial charge in [0, 0.05) is 26.8 Å². The third-order valence-corrected chi connectivity index (χ3v) is 4.40. The lowest BCUT2D eigenvalue weighted by Gasteiger charge is -1.92. The summed E-state index contributed by atoms with van der Waals surface area (Å²) in [5.41, 5.74) is 0. The molecular formula is C12H6Br6. The molecule has 0 fully saturated rings. The fourth-order valence-electron chi connectivity index (χ4n) is 1.04. The van der Waals surface area contributed by atoms with Crippen LogP contribution in [0.15, 0.2) is 63.2 Å². The highest BCUT2D eigenvalue weighted by Gasteiger charge is 1.92. The molecular weight excluding hydrogens is 624 g/mol. The number of halogens is 6. The monoisotopic (exact) mass is 624 g/mol. The number of hydrogen-bond donors (Lipinski definition) is 0. The Morgan fingerprint density at radius 2 is 0.444 bits per heavy atom. The second kappa shape index (κ2) is 8.57. The van der Waals surface area contributed by atoms with E-state index in [4.69, 9.17) is 0 Å². The van der Waals surface area contributed by atoms with Gasteiger partial charge in [-0.25, -0.2) is 0 Å². The summed E-state index contributed by atoms with van der Waals surface area (Å²) < 4.78 is 6.44. The average molecular weight is 630 g/mol. The van der Waals surface area contributed by atoms with Gasteiger partial charge in [0.25, 0.3) is 0 Å². The van der Waals surface area contributed by atoms with Crippen LogP contribution in [0.2, 0.25) is 0 Å². The van der Waals surface area contributed by atoms with Gasteiger partial charge in [0.15, 0.2) is 0 Å². The summed E-state index contributed by atoms with van der Waals surface area (Å²) in [4.78, 5) is 0. The standard InChI is InChI=1S/2C6H3Br3/c2*7-4-1-5(8)3-6(9)2-4/h2*1-3H. The fourth-order valence-corrected chi connectivity index (χ4v) is 5.84. The highest BCUT2D eigenvalue weighted by atomic mass is 79.9. The van der Waals surface area contributed by atoms with Crippen molar-refractivity contribution in [3.63, 3.8) is 0 Å². The van der Waals surface area contributed by atoms with Crippen molar-refractivity contribution in [3.05, 3.63) is 63.2 Å². The van der Waals surface area contributed by atoms with E-state index >= 15 is 0 Å². The molecule has 0 nitrogen and oxygen atoms in total.